The van der Waals surface area contributed by atoms with Gasteiger partial charge in [0.1, 0.15) is 0 Å². The van der Waals surface area contributed by atoms with E-state index in [4.69, 9.17) is 11.5 Å². The predicted octanol–water partition coefficient (Wildman–Crippen LogP) is 1.25. The summed E-state index contributed by atoms with van der Waals surface area (Å²) in [4.78, 5) is 10.5. The highest BCUT2D eigenvalue weighted by molar-refractivity contribution is 5.73. The quantitative estimate of drug-likeness (QED) is 0.502. The average molecular weight is 207 g/mol. The highest BCUT2D eigenvalue weighted by Gasteiger charge is 1.97. The summed E-state index contributed by atoms with van der Waals surface area (Å²) < 4.78 is 0. The van der Waals surface area contributed by atoms with E-state index < -0.39 is 0 Å². The standard InChI is InChI=1S/C11H17N3O/c1-8-5-9(12)7-10(6-8)14-4-2-3-11(13)15/h5-7,14H,2-4,12H2,1H3,(H2,13,15). The van der Waals surface area contributed by atoms with Crippen LogP contribution in [0.1, 0.15) is 18.4 Å². The van der Waals surface area contributed by atoms with E-state index in [0.29, 0.717) is 6.42 Å². The van der Waals surface area contributed by atoms with Crippen molar-refractivity contribution in [3.8, 4) is 0 Å². The first-order chi connectivity index (χ1) is 7.08. The third kappa shape index (κ3) is 4.35. The number of anilines is 2. The van der Waals surface area contributed by atoms with Crippen LogP contribution in [0.4, 0.5) is 11.4 Å². The number of aryl methyl sites for hydroxylation is 1. The van der Waals surface area contributed by atoms with Gasteiger partial charge in [-0.05, 0) is 37.1 Å². The number of benzene rings is 1. The molecule has 0 bridgehead atoms. The number of nitrogens with one attached hydrogen (secondary N) is 1. The van der Waals surface area contributed by atoms with Crippen LogP contribution in [-0.4, -0.2) is 12.5 Å². The van der Waals surface area contributed by atoms with Crippen LogP contribution >= 0.6 is 0 Å². The molecule has 1 rings (SSSR count). The molecule has 15 heavy (non-hydrogen) atoms. The van der Waals surface area contributed by atoms with E-state index in [1.807, 2.05) is 25.1 Å². The number of nitrogens with two attached hydrogens (primary N) is 2. The second-order valence-electron chi connectivity index (χ2n) is 3.63. The number of carbonyl (C=O) groups is 1. The summed E-state index contributed by atoms with van der Waals surface area (Å²) in [5.74, 6) is -0.263. The Balaban J connectivity index is 2.40. The first-order valence-electron chi connectivity index (χ1n) is 4.97. The summed E-state index contributed by atoms with van der Waals surface area (Å²) in [6, 6.07) is 5.80. The third-order valence-corrected chi connectivity index (χ3v) is 2.03. The molecular weight excluding hydrogens is 190 g/mol. The van der Waals surface area contributed by atoms with Crippen LogP contribution < -0.4 is 16.8 Å². The molecule has 0 aliphatic rings. The number of carbonyl (C=O) groups excluding carboxylic acids is 1. The topological polar surface area (TPSA) is 81.1 Å². The average Bonchev–Trinajstić information content (AvgIpc) is 2.10. The molecule has 0 radical (unpaired) electrons. The largest absolute Gasteiger partial charge is 0.399 e. The number of hydrogen-bond donors (Lipinski definition) is 3. The molecule has 5 N–H and O–H groups in total. The first-order valence-corrected chi connectivity index (χ1v) is 4.97. The molecule has 4 nitrogen and oxygen atoms in total. The fourth-order valence-electron chi connectivity index (χ4n) is 1.41. The number of hydrogen-bond acceptors (Lipinski definition) is 3. The van der Waals surface area contributed by atoms with Crippen molar-refractivity contribution in [3.05, 3.63) is 23.8 Å². The molecule has 0 aromatic heterocycles. The second-order valence-corrected chi connectivity index (χ2v) is 3.63. The SMILES string of the molecule is Cc1cc(N)cc(NCCCC(N)=O)c1. The Kier molecular flexibility index (Phi) is 3.97. The Hall–Kier alpha value is -1.71. The number of nitrogen functional groups attached to an aromatic ring is 1. The number of primary amides is 1. The van der Waals surface area contributed by atoms with E-state index in [0.717, 1.165) is 29.9 Å². The molecule has 0 aliphatic heterocycles. The van der Waals surface area contributed by atoms with Crippen molar-refractivity contribution in [1.29, 1.82) is 0 Å². The van der Waals surface area contributed by atoms with Gasteiger partial charge in [-0.2, -0.15) is 0 Å². The number of rotatable bonds is 5. The Morgan fingerprint density at radius 1 is 1.40 bits per heavy atom. The van der Waals surface area contributed by atoms with Crippen molar-refractivity contribution in [2.24, 2.45) is 5.73 Å². The zero-order valence-electron chi connectivity index (χ0n) is 8.92. The van der Waals surface area contributed by atoms with Crippen molar-refractivity contribution < 1.29 is 4.79 Å². The summed E-state index contributed by atoms with van der Waals surface area (Å²) in [5.41, 5.74) is 13.6. The lowest BCUT2D eigenvalue weighted by Crippen LogP contribution is -2.12. The van der Waals surface area contributed by atoms with E-state index in [1.165, 1.54) is 0 Å². The minimum Gasteiger partial charge on any atom is -0.399 e. The van der Waals surface area contributed by atoms with E-state index >= 15 is 0 Å². The summed E-state index contributed by atoms with van der Waals surface area (Å²) in [6.45, 7) is 2.72. The van der Waals surface area contributed by atoms with E-state index in [9.17, 15) is 4.79 Å². The van der Waals surface area contributed by atoms with Gasteiger partial charge in [0.05, 0.1) is 0 Å². The summed E-state index contributed by atoms with van der Waals surface area (Å²) in [7, 11) is 0. The molecule has 0 saturated carbocycles. The lowest BCUT2D eigenvalue weighted by molar-refractivity contribution is -0.118. The Morgan fingerprint density at radius 3 is 2.73 bits per heavy atom. The molecule has 82 valence electrons. The summed E-state index contributed by atoms with van der Waals surface area (Å²) in [6.07, 6.45) is 1.15. The van der Waals surface area contributed by atoms with Crippen LogP contribution in [0.5, 0.6) is 0 Å². The Bertz CT molecular complexity index is 329. The molecular formula is C11H17N3O. The van der Waals surface area contributed by atoms with Crippen LogP contribution in [0.15, 0.2) is 18.2 Å². The molecule has 0 saturated heterocycles. The van der Waals surface area contributed by atoms with Gasteiger partial charge in [-0.15, -0.1) is 0 Å². The van der Waals surface area contributed by atoms with Gasteiger partial charge in [0.15, 0.2) is 0 Å². The highest BCUT2D eigenvalue weighted by atomic mass is 16.1. The van der Waals surface area contributed by atoms with Gasteiger partial charge >= 0.3 is 0 Å². The maximum absolute atomic E-state index is 10.5. The van der Waals surface area contributed by atoms with Gasteiger partial charge in [0.25, 0.3) is 0 Å². The minimum atomic E-state index is -0.263. The lowest BCUT2D eigenvalue weighted by atomic mass is 10.2. The second kappa shape index (κ2) is 5.24. The van der Waals surface area contributed by atoms with Crippen molar-refractivity contribution in [3.63, 3.8) is 0 Å². The van der Waals surface area contributed by atoms with Crippen molar-refractivity contribution in [1.82, 2.24) is 0 Å². The zero-order valence-corrected chi connectivity index (χ0v) is 8.92. The maximum atomic E-state index is 10.5. The minimum absolute atomic E-state index is 0.263. The molecule has 1 amide bonds. The number of amides is 1. The molecule has 0 fully saturated rings. The van der Waals surface area contributed by atoms with E-state index in [-0.39, 0.29) is 5.91 Å². The fourth-order valence-corrected chi connectivity index (χ4v) is 1.41. The van der Waals surface area contributed by atoms with Crippen molar-refractivity contribution in [2.75, 3.05) is 17.6 Å². The first kappa shape index (κ1) is 11.4. The maximum Gasteiger partial charge on any atom is 0.217 e. The predicted molar refractivity (Wildman–Crippen MR) is 62.5 cm³/mol. The molecule has 0 spiro atoms. The smallest absolute Gasteiger partial charge is 0.217 e. The lowest BCUT2D eigenvalue weighted by Gasteiger charge is -2.07. The Labute approximate surface area is 89.6 Å². The van der Waals surface area contributed by atoms with Crippen LogP contribution in [0.25, 0.3) is 0 Å². The summed E-state index contributed by atoms with van der Waals surface area (Å²) >= 11 is 0. The fraction of sp³-hybridized carbons (Fsp3) is 0.364. The van der Waals surface area contributed by atoms with Crippen LogP contribution in [0, 0.1) is 6.92 Å². The van der Waals surface area contributed by atoms with Gasteiger partial charge < -0.3 is 16.8 Å². The molecule has 1 aromatic rings. The molecule has 0 heterocycles. The van der Waals surface area contributed by atoms with Gasteiger partial charge in [-0.1, -0.05) is 0 Å². The van der Waals surface area contributed by atoms with Gasteiger partial charge in [-0.3, -0.25) is 4.79 Å². The third-order valence-electron chi connectivity index (χ3n) is 2.03. The Morgan fingerprint density at radius 2 is 2.13 bits per heavy atom. The molecule has 1 aromatic carbocycles. The zero-order chi connectivity index (χ0) is 11.3. The van der Waals surface area contributed by atoms with Gasteiger partial charge in [-0.25, -0.2) is 0 Å². The van der Waals surface area contributed by atoms with Crippen LogP contribution in [0.2, 0.25) is 0 Å². The van der Waals surface area contributed by atoms with E-state index in [2.05, 4.69) is 5.32 Å². The molecule has 4 heteroatoms. The summed E-state index contributed by atoms with van der Waals surface area (Å²) in [5, 5.41) is 3.19. The highest BCUT2D eigenvalue weighted by Crippen LogP contribution is 2.15. The van der Waals surface area contributed by atoms with Crippen LogP contribution in [0.3, 0.4) is 0 Å². The van der Waals surface area contributed by atoms with Crippen molar-refractivity contribution in [2.45, 2.75) is 19.8 Å². The molecule has 0 atom stereocenters. The van der Waals surface area contributed by atoms with Crippen molar-refractivity contribution >= 4 is 17.3 Å². The van der Waals surface area contributed by atoms with Gasteiger partial charge in [0, 0.05) is 24.3 Å². The van der Waals surface area contributed by atoms with Gasteiger partial charge in [0.2, 0.25) is 5.91 Å². The molecule has 0 unspecified atom stereocenters. The normalized spacial score (nSPS) is 9.93. The van der Waals surface area contributed by atoms with Crippen LogP contribution in [-0.2, 0) is 4.79 Å². The molecule has 0 aliphatic carbocycles. The van der Waals surface area contributed by atoms with E-state index in [1.54, 1.807) is 0 Å². The monoisotopic (exact) mass is 207 g/mol.